The summed E-state index contributed by atoms with van der Waals surface area (Å²) in [5.74, 6) is 0.120. The van der Waals surface area contributed by atoms with E-state index in [2.05, 4.69) is 0 Å². The molecule has 0 bridgehead atoms. The Bertz CT molecular complexity index is 318. The predicted molar refractivity (Wildman–Crippen MR) is 56.1 cm³/mol. The number of aryl methyl sites for hydroxylation is 1. The van der Waals surface area contributed by atoms with E-state index >= 15 is 0 Å². The summed E-state index contributed by atoms with van der Waals surface area (Å²) >= 11 is 0. The van der Waals surface area contributed by atoms with Gasteiger partial charge in [0.25, 0.3) is 0 Å². The van der Waals surface area contributed by atoms with E-state index < -0.39 is 0 Å². The molecule has 2 heteroatoms. The van der Waals surface area contributed by atoms with Crippen molar-refractivity contribution in [3.05, 3.63) is 29.1 Å². The zero-order valence-electron chi connectivity index (χ0n) is 8.97. The van der Waals surface area contributed by atoms with Crippen molar-refractivity contribution in [1.29, 1.82) is 0 Å². The highest BCUT2D eigenvalue weighted by Crippen LogP contribution is 2.27. The summed E-state index contributed by atoms with van der Waals surface area (Å²) in [4.78, 5) is 0. The highest BCUT2D eigenvalue weighted by molar-refractivity contribution is 5.38. The van der Waals surface area contributed by atoms with Crippen LogP contribution < -0.4 is 0 Å². The van der Waals surface area contributed by atoms with Crippen molar-refractivity contribution in [3.63, 3.8) is 0 Å². The second-order valence-corrected chi connectivity index (χ2v) is 3.91. The van der Waals surface area contributed by atoms with E-state index in [0.717, 1.165) is 12.8 Å². The van der Waals surface area contributed by atoms with Crippen LogP contribution in [-0.4, -0.2) is 5.11 Å². The second kappa shape index (κ2) is 4.45. The summed E-state index contributed by atoms with van der Waals surface area (Å²) in [7, 11) is 0. The van der Waals surface area contributed by atoms with Crippen molar-refractivity contribution in [2.45, 2.75) is 39.5 Å². The van der Waals surface area contributed by atoms with Gasteiger partial charge in [-0.25, -0.2) is 4.39 Å². The van der Waals surface area contributed by atoms with Gasteiger partial charge in [0.1, 0.15) is 11.6 Å². The molecule has 0 atom stereocenters. The van der Waals surface area contributed by atoms with E-state index in [0.29, 0.717) is 11.1 Å². The Labute approximate surface area is 84.6 Å². The Kier molecular flexibility index (Phi) is 3.50. The van der Waals surface area contributed by atoms with Gasteiger partial charge in [-0.15, -0.1) is 0 Å². The van der Waals surface area contributed by atoms with E-state index in [4.69, 9.17) is 0 Å². The van der Waals surface area contributed by atoms with Crippen molar-refractivity contribution in [1.82, 2.24) is 0 Å². The van der Waals surface area contributed by atoms with Crippen LogP contribution in [0.15, 0.2) is 12.1 Å². The molecule has 0 heterocycles. The Hall–Kier alpha value is -1.05. The zero-order valence-corrected chi connectivity index (χ0v) is 8.97. The molecular weight excluding hydrogens is 179 g/mol. The van der Waals surface area contributed by atoms with Crippen LogP contribution in [0, 0.1) is 5.82 Å². The average Bonchev–Trinajstić information content (AvgIpc) is 2.10. The Morgan fingerprint density at radius 1 is 1.36 bits per heavy atom. The molecule has 0 aliphatic rings. The van der Waals surface area contributed by atoms with E-state index in [-0.39, 0.29) is 17.5 Å². The van der Waals surface area contributed by atoms with Crippen LogP contribution >= 0.6 is 0 Å². The van der Waals surface area contributed by atoms with Gasteiger partial charge in [-0.3, -0.25) is 0 Å². The maximum absolute atomic E-state index is 13.5. The zero-order chi connectivity index (χ0) is 10.7. The molecule has 0 unspecified atom stereocenters. The minimum Gasteiger partial charge on any atom is -0.508 e. The third kappa shape index (κ3) is 2.25. The molecule has 0 saturated heterocycles. The highest BCUT2D eigenvalue weighted by Gasteiger charge is 2.11. The fraction of sp³-hybridized carbons (Fsp3) is 0.500. The van der Waals surface area contributed by atoms with E-state index in [1.54, 1.807) is 6.07 Å². The number of benzene rings is 1. The van der Waals surface area contributed by atoms with Gasteiger partial charge < -0.3 is 5.11 Å². The number of halogens is 1. The van der Waals surface area contributed by atoms with Crippen molar-refractivity contribution >= 4 is 0 Å². The lowest BCUT2D eigenvalue weighted by molar-refractivity contribution is 0.462. The summed E-state index contributed by atoms with van der Waals surface area (Å²) < 4.78 is 13.5. The van der Waals surface area contributed by atoms with Crippen molar-refractivity contribution in [3.8, 4) is 5.75 Å². The van der Waals surface area contributed by atoms with Crippen LogP contribution in [0.25, 0.3) is 0 Å². The molecule has 0 aromatic heterocycles. The maximum Gasteiger partial charge on any atom is 0.127 e. The monoisotopic (exact) mass is 196 g/mol. The molecule has 14 heavy (non-hydrogen) atoms. The molecule has 0 spiro atoms. The smallest absolute Gasteiger partial charge is 0.127 e. The summed E-state index contributed by atoms with van der Waals surface area (Å²) in [6.07, 6.45) is 1.63. The van der Waals surface area contributed by atoms with E-state index in [9.17, 15) is 9.50 Å². The van der Waals surface area contributed by atoms with Gasteiger partial charge in [0.2, 0.25) is 0 Å². The van der Waals surface area contributed by atoms with Crippen LogP contribution in [0.1, 0.15) is 44.2 Å². The number of rotatable bonds is 3. The maximum atomic E-state index is 13.5. The number of phenols is 1. The lowest BCUT2D eigenvalue weighted by atomic mass is 9.98. The van der Waals surface area contributed by atoms with Gasteiger partial charge in [0, 0.05) is 0 Å². The number of phenolic OH excluding ortho intramolecular Hbond substituents is 1. The molecule has 1 nitrogen and oxygen atoms in total. The van der Waals surface area contributed by atoms with E-state index in [1.165, 1.54) is 6.07 Å². The standard InChI is InChI=1S/C12H17FO/c1-4-5-9-6-11(13)10(8(2)3)7-12(9)14/h6-8,14H,4-5H2,1-3H3. The first-order valence-corrected chi connectivity index (χ1v) is 5.07. The Morgan fingerprint density at radius 2 is 2.00 bits per heavy atom. The van der Waals surface area contributed by atoms with E-state index in [1.807, 2.05) is 20.8 Å². The minimum atomic E-state index is -0.207. The second-order valence-electron chi connectivity index (χ2n) is 3.91. The normalized spacial score (nSPS) is 10.9. The molecule has 0 aliphatic carbocycles. The largest absolute Gasteiger partial charge is 0.508 e. The first-order valence-electron chi connectivity index (χ1n) is 5.07. The Morgan fingerprint density at radius 3 is 2.50 bits per heavy atom. The molecule has 0 radical (unpaired) electrons. The quantitative estimate of drug-likeness (QED) is 0.783. The first kappa shape index (κ1) is 11.0. The number of aromatic hydroxyl groups is 1. The molecule has 1 rings (SSSR count). The molecule has 1 aromatic carbocycles. The molecular formula is C12H17FO. The van der Waals surface area contributed by atoms with Crippen LogP contribution in [-0.2, 0) is 6.42 Å². The third-order valence-corrected chi connectivity index (χ3v) is 2.34. The molecule has 0 aliphatic heterocycles. The fourth-order valence-electron chi connectivity index (χ4n) is 1.53. The van der Waals surface area contributed by atoms with Gasteiger partial charge in [0.05, 0.1) is 0 Å². The molecule has 1 aromatic rings. The number of hydrogen-bond acceptors (Lipinski definition) is 1. The molecule has 78 valence electrons. The summed E-state index contributed by atoms with van der Waals surface area (Å²) in [6, 6.07) is 3.00. The number of hydrogen-bond donors (Lipinski definition) is 1. The third-order valence-electron chi connectivity index (χ3n) is 2.34. The van der Waals surface area contributed by atoms with Gasteiger partial charge >= 0.3 is 0 Å². The Balaban J connectivity index is 3.10. The highest BCUT2D eigenvalue weighted by atomic mass is 19.1. The summed E-state index contributed by atoms with van der Waals surface area (Å²) in [5.41, 5.74) is 1.29. The molecule has 0 amide bonds. The molecule has 0 saturated carbocycles. The van der Waals surface area contributed by atoms with Crippen LogP contribution in [0.5, 0.6) is 5.75 Å². The van der Waals surface area contributed by atoms with Crippen LogP contribution in [0.3, 0.4) is 0 Å². The minimum absolute atomic E-state index is 0.108. The van der Waals surface area contributed by atoms with Gasteiger partial charge in [-0.05, 0) is 35.6 Å². The molecule has 1 N–H and O–H groups in total. The SMILES string of the molecule is CCCc1cc(F)c(C(C)C)cc1O. The van der Waals surface area contributed by atoms with Gasteiger partial charge in [-0.2, -0.15) is 0 Å². The fourth-order valence-corrected chi connectivity index (χ4v) is 1.53. The van der Waals surface area contributed by atoms with Crippen LogP contribution in [0.4, 0.5) is 4.39 Å². The first-order chi connectivity index (χ1) is 6.56. The van der Waals surface area contributed by atoms with Gasteiger partial charge in [0.15, 0.2) is 0 Å². The van der Waals surface area contributed by atoms with Crippen LogP contribution in [0.2, 0.25) is 0 Å². The van der Waals surface area contributed by atoms with Crippen molar-refractivity contribution in [2.75, 3.05) is 0 Å². The summed E-state index contributed by atoms with van der Waals surface area (Å²) in [5, 5.41) is 9.63. The van der Waals surface area contributed by atoms with Crippen molar-refractivity contribution in [2.24, 2.45) is 0 Å². The average molecular weight is 196 g/mol. The summed E-state index contributed by atoms with van der Waals surface area (Å²) in [6.45, 7) is 5.84. The lowest BCUT2D eigenvalue weighted by Gasteiger charge is -2.10. The lowest BCUT2D eigenvalue weighted by Crippen LogP contribution is -1.96. The topological polar surface area (TPSA) is 20.2 Å². The van der Waals surface area contributed by atoms with Crippen molar-refractivity contribution < 1.29 is 9.50 Å². The predicted octanol–water partition coefficient (Wildman–Crippen LogP) is 3.61. The van der Waals surface area contributed by atoms with Gasteiger partial charge in [-0.1, -0.05) is 27.2 Å². The molecule has 0 fully saturated rings.